The summed E-state index contributed by atoms with van der Waals surface area (Å²) in [6, 6.07) is 19.9. The van der Waals surface area contributed by atoms with E-state index < -0.39 is 0 Å². The van der Waals surface area contributed by atoms with E-state index in [0.717, 1.165) is 13.0 Å². The Labute approximate surface area is 136 Å². The van der Waals surface area contributed by atoms with Crippen molar-refractivity contribution in [3.63, 3.8) is 0 Å². The van der Waals surface area contributed by atoms with Crippen molar-refractivity contribution < 1.29 is 0 Å². The molecule has 0 saturated carbocycles. The summed E-state index contributed by atoms with van der Waals surface area (Å²) in [6.07, 6.45) is 4.69. The fraction of sp³-hybridized carbons (Fsp3) is 0.368. The summed E-state index contributed by atoms with van der Waals surface area (Å²) in [4.78, 5) is 0. The van der Waals surface area contributed by atoms with Crippen LogP contribution in [0.15, 0.2) is 59.1 Å². The molecule has 0 radical (unpaired) electrons. The first kappa shape index (κ1) is 16.3. The van der Waals surface area contributed by atoms with E-state index in [-0.39, 0.29) is 0 Å². The number of nitrogens with one attached hydrogen (secondary N) is 1. The summed E-state index contributed by atoms with van der Waals surface area (Å²) in [5.41, 5.74) is 2.81. The van der Waals surface area contributed by atoms with Crippen molar-refractivity contribution in [2.24, 2.45) is 0 Å². The minimum absolute atomic E-state index is 0.471. The van der Waals surface area contributed by atoms with Gasteiger partial charge in [-0.3, -0.25) is 0 Å². The fourth-order valence-electron chi connectivity index (χ4n) is 2.59. The highest BCUT2D eigenvalue weighted by Gasteiger charge is 2.09. The molecule has 2 aromatic rings. The molecule has 2 heteroatoms. The standard InChI is InChI=1S/C19H24BrN/c1-2-14-21-19(17-10-4-3-5-11-17)13-7-9-16-8-6-12-18(20)15-16/h3-6,8,10-12,15,19,21H,2,7,9,13-14H2,1H3. The van der Waals surface area contributed by atoms with Crippen molar-refractivity contribution in [1.82, 2.24) is 5.32 Å². The lowest BCUT2D eigenvalue weighted by atomic mass is 9.99. The summed E-state index contributed by atoms with van der Waals surface area (Å²) in [5.74, 6) is 0. The van der Waals surface area contributed by atoms with Gasteiger partial charge < -0.3 is 5.32 Å². The van der Waals surface area contributed by atoms with E-state index in [0.29, 0.717) is 6.04 Å². The SMILES string of the molecule is CCCNC(CCCc1cccc(Br)c1)c1ccccc1. The molecule has 0 aliphatic heterocycles. The third kappa shape index (κ3) is 5.64. The Bertz CT molecular complexity index is 524. The van der Waals surface area contributed by atoms with Gasteiger partial charge in [-0.15, -0.1) is 0 Å². The van der Waals surface area contributed by atoms with E-state index in [1.54, 1.807) is 0 Å². The predicted octanol–water partition coefficient (Wildman–Crippen LogP) is 5.51. The van der Waals surface area contributed by atoms with Gasteiger partial charge in [0.25, 0.3) is 0 Å². The predicted molar refractivity (Wildman–Crippen MR) is 94.6 cm³/mol. The molecule has 0 heterocycles. The van der Waals surface area contributed by atoms with E-state index in [2.05, 4.69) is 82.8 Å². The largest absolute Gasteiger partial charge is 0.310 e. The highest BCUT2D eigenvalue weighted by molar-refractivity contribution is 9.10. The second-order valence-corrected chi connectivity index (χ2v) is 6.36. The molecule has 1 N–H and O–H groups in total. The van der Waals surface area contributed by atoms with Gasteiger partial charge in [-0.1, -0.05) is 65.3 Å². The molecule has 0 saturated heterocycles. The first-order valence-electron chi connectivity index (χ1n) is 7.82. The van der Waals surface area contributed by atoms with Crippen LogP contribution in [-0.4, -0.2) is 6.54 Å². The lowest BCUT2D eigenvalue weighted by Gasteiger charge is -2.19. The summed E-state index contributed by atoms with van der Waals surface area (Å²) in [6.45, 7) is 3.30. The summed E-state index contributed by atoms with van der Waals surface area (Å²) in [5, 5.41) is 3.67. The number of hydrogen-bond acceptors (Lipinski definition) is 1. The Balaban J connectivity index is 1.90. The number of benzene rings is 2. The first-order valence-corrected chi connectivity index (χ1v) is 8.61. The van der Waals surface area contributed by atoms with Gasteiger partial charge in [0, 0.05) is 10.5 Å². The molecular formula is C19H24BrN. The molecule has 0 fully saturated rings. The van der Waals surface area contributed by atoms with Crippen LogP contribution in [0.2, 0.25) is 0 Å². The van der Waals surface area contributed by atoms with Crippen LogP contribution in [0.3, 0.4) is 0 Å². The van der Waals surface area contributed by atoms with Gasteiger partial charge in [0.1, 0.15) is 0 Å². The first-order chi connectivity index (χ1) is 10.3. The molecule has 2 rings (SSSR count). The topological polar surface area (TPSA) is 12.0 Å². The Morgan fingerprint density at radius 1 is 1.05 bits per heavy atom. The van der Waals surface area contributed by atoms with E-state index in [1.807, 2.05) is 0 Å². The van der Waals surface area contributed by atoms with Crippen LogP contribution in [0.25, 0.3) is 0 Å². The molecule has 2 aromatic carbocycles. The van der Waals surface area contributed by atoms with Crippen molar-refractivity contribution in [1.29, 1.82) is 0 Å². The Morgan fingerprint density at radius 3 is 2.57 bits per heavy atom. The molecule has 1 nitrogen and oxygen atoms in total. The van der Waals surface area contributed by atoms with Crippen LogP contribution >= 0.6 is 15.9 Å². The molecule has 0 spiro atoms. The molecular weight excluding hydrogens is 322 g/mol. The summed E-state index contributed by atoms with van der Waals surface area (Å²) >= 11 is 3.54. The minimum Gasteiger partial charge on any atom is -0.310 e. The maximum atomic E-state index is 3.67. The third-order valence-corrected chi connectivity index (χ3v) is 4.18. The van der Waals surface area contributed by atoms with Crippen molar-refractivity contribution in [3.8, 4) is 0 Å². The van der Waals surface area contributed by atoms with E-state index in [9.17, 15) is 0 Å². The van der Waals surface area contributed by atoms with Gasteiger partial charge in [-0.05, 0) is 55.5 Å². The maximum absolute atomic E-state index is 3.67. The zero-order valence-corrected chi connectivity index (χ0v) is 14.3. The smallest absolute Gasteiger partial charge is 0.0320 e. The van der Waals surface area contributed by atoms with E-state index in [1.165, 1.54) is 34.9 Å². The zero-order valence-electron chi connectivity index (χ0n) is 12.7. The Morgan fingerprint density at radius 2 is 1.86 bits per heavy atom. The normalized spacial score (nSPS) is 12.3. The Kier molecular flexibility index (Phi) is 6.98. The van der Waals surface area contributed by atoms with Crippen LogP contribution in [-0.2, 0) is 6.42 Å². The molecule has 0 aliphatic rings. The maximum Gasteiger partial charge on any atom is 0.0320 e. The van der Waals surface area contributed by atoms with Crippen molar-refractivity contribution in [2.75, 3.05) is 6.54 Å². The van der Waals surface area contributed by atoms with Gasteiger partial charge in [-0.2, -0.15) is 0 Å². The summed E-state index contributed by atoms with van der Waals surface area (Å²) in [7, 11) is 0. The minimum atomic E-state index is 0.471. The van der Waals surface area contributed by atoms with Crippen LogP contribution in [0, 0.1) is 0 Å². The number of hydrogen-bond donors (Lipinski definition) is 1. The Hall–Kier alpha value is -1.12. The molecule has 1 atom stereocenters. The van der Waals surface area contributed by atoms with E-state index in [4.69, 9.17) is 0 Å². The van der Waals surface area contributed by atoms with Gasteiger partial charge >= 0.3 is 0 Å². The molecule has 0 amide bonds. The monoisotopic (exact) mass is 345 g/mol. The van der Waals surface area contributed by atoms with Crippen LogP contribution in [0.5, 0.6) is 0 Å². The van der Waals surface area contributed by atoms with Crippen molar-refractivity contribution in [3.05, 3.63) is 70.2 Å². The van der Waals surface area contributed by atoms with Gasteiger partial charge in [0.2, 0.25) is 0 Å². The molecule has 0 aromatic heterocycles. The third-order valence-electron chi connectivity index (χ3n) is 3.69. The van der Waals surface area contributed by atoms with E-state index >= 15 is 0 Å². The van der Waals surface area contributed by atoms with Gasteiger partial charge in [0.05, 0.1) is 0 Å². The number of halogens is 1. The van der Waals surface area contributed by atoms with Gasteiger partial charge in [0.15, 0.2) is 0 Å². The second-order valence-electron chi connectivity index (χ2n) is 5.44. The second kappa shape index (κ2) is 9.01. The zero-order chi connectivity index (χ0) is 14.9. The van der Waals surface area contributed by atoms with Crippen molar-refractivity contribution in [2.45, 2.75) is 38.6 Å². The molecule has 21 heavy (non-hydrogen) atoms. The highest BCUT2D eigenvalue weighted by atomic mass is 79.9. The molecule has 0 aliphatic carbocycles. The van der Waals surface area contributed by atoms with Crippen LogP contribution in [0.4, 0.5) is 0 Å². The number of aryl methyl sites for hydroxylation is 1. The highest BCUT2D eigenvalue weighted by Crippen LogP contribution is 2.20. The van der Waals surface area contributed by atoms with Gasteiger partial charge in [-0.25, -0.2) is 0 Å². The molecule has 112 valence electrons. The molecule has 0 bridgehead atoms. The van der Waals surface area contributed by atoms with Crippen LogP contribution in [0.1, 0.15) is 43.4 Å². The fourth-order valence-corrected chi connectivity index (χ4v) is 3.04. The molecule has 1 unspecified atom stereocenters. The van der Waals surface area contributed by atoms with Crippen molar-refractivity contribution >= 4 is 15.9 Å². The van der Waals surface area contributed by atoms with Crippen LogP contribution < -0.4 is 5.32 Å². The average molecular weight is 346 g/mol. The average Bonchev–Trinajstić information content (AvgIpc) is 2.51. The lowest BCUT2D eigenvalue weighted by molar-refractivity contribution is 0.484. The number of rotatable bonds is 8. The lowest BCUT2D eigenvalue weighted by Crippen LogP contribution is -2.22. The summed E-state index contributed by atoms with van der Waals surface area (Å²) < 4.78 is 1.17. The quantitative estimate of drug-likeness (QED) is 0.664.